The van der Waals surface area contributed by atoms with Gasteiger partial charge in [-0.1, -0.05) is 0 Å². The number of hydrogen-bond acceptors (Lipinski definition) is 2. The molecule has 0 heterocycles. The molecule has 2 nitrogen and oxygen atoms in total. The molecule has 0 unspecified atom stereocenters. The Kier molecular flexibility index (Phi) is 3.98. The first-order valence-electron chi connectivity index (χ1n) is 4.96. The van der Waals surface area contributed by atoms with Gasteiger partial charge in [-0.15, -0.1) is 0 Å². The zero-order valence-electron chi connectivity index (χ0n) is 9.42. The van der Waals surface area contributed by atoms with Crippen LogP contribution in [-0.2, 0) is 0 Å². The molecule has 1 rings (SSSR count). The molecule has 6 heteroatoms. The van der Waals surface area contributed by atoms with Gasteiger partial charge >= 0.3 is 6.18 Å². The van der Waals surface area contributed by atoms with Crippen LogP contribution >= 0.6 is 0 Å². The minimum atomic E-state index is -4.35. The molecule has 1 aromatic rings. The number of alkyl halides is 3. The number of anilines is 1. The number of benzene rings is 1. The Morgan fingerprint density at radius 2 is 1.94 bits per heavy atom. The third kappa shape index (κ3) is 3.89. The summed E-state index contributed by atoms with van der Waals surface area (Å²) in [6.45, 7) is 0.220. The van der Waals surface area contributed by atoms with Crippen molar-refractivity contribution in [2.45, 2.75) is 19.2 Å². The molecule has 96 valence electrons. The van der Waals surface area contributed by atoms with Crippen LogP contribution in [0.25, 0.3) is 0 Å². The SMILES string of the molecule is C[C@@H](O)c1cc(F)ccc1N(C)CC(F)(F)F. The van der Waals surface area contributed by atoms with E-state index in [2.05, 4.69) is 0 Å². The van der Waals surface area contributed by atoms with E-state index in [1.54, 1.807) is 0 Å². The van der Waals surface area contributed by atoms with Crippen molar-refractivity contribution in [1.29, 1.82) is 0 Å². The minimum absolute atomic E-state index is 0.136. The van der Waals surface area contributed by atoms with Crippen LogP contribution in [0.4, 0.5) is 23.2 Å². The van der Waals surface area contributed by atoms with Gasteiger partial charge in [0.2, 0.25) is 0 Å². The van der Waals surface area contributed by atoms with Gasteiger partial charge in [0.05, 0.1) is 6.10 Å². The summed E-state index contributed by atoms with van der Waals surface area (Å²) in [6, 6.07) is 3.32. The fraction of sp³-hybridized carbons (Fsp3) is 0.455. The number of rotatable bonds is 3. The third-order valence-corrected chi connectivity index (χ3v) is 2.27. The van der Waals surface area contributed by atoms with E-state index in [9.17, 15) is 22.7 Å². The highest BCUT2D eigenvalue weighted by atomic mass is 19.4. The monoisotopic (exact) mass is 251 g/mol. The summed E-state index contributed by atoms with van der Waals surface area (Å²) in [4.78, 5) is 0.932. The molecule has 1 atom stereocenters. The summed E-state index contributed by atoms with van der Waals surface area (Å²) < 4.78 is 49.6. The van der Waals surface area contributed by atoms with Gasteiger partial charge < -0.3 is 10.0 Å². The van der Waals surface area contributed by atoms with Crippen LogP contribution < -0.4 is 4.90 Å². The Morgan fingerprint density at radius 1 is 1.35 bits per heavy atom. The van der Waals surface area contributed by atoms with Crippen LogP contribution in [0.1, 0.15) is 18.6 Å². The number of aliphatic hydroxyl groups is 1. The van der Waals surface area contributed by atoms with E-state index >= 15 is 0 Å². The van der Waals surface area contributed by atoms with Crippen LogP contribution in [0, 0.1) is 5.82 Å². The second-order valence-corrected chi connectivity index (χ2v) is 3.85. The maximum atomic E-state index is 13.0. The molecule has 0 aliphatic carbocycles. The summed E-state index contributed by atoms with van der Waals surface area (Å²) in [5, 5.41) is 9.40. The average Bonchev–Trinajstić information content (AvgIpc) is 2.14. The highest BCUT2D eigenvalue weighted by molar-refractivity contribution is 5.54. The lowest BCUT2D eigenvalue weighted by molar-refractivity contribution is -0.119. The van der Waals surface area contributed by atoms with E-state index in [1.165, 1.54) is 20.0 Å². The fourth-order valence-corrected chi connectivity index (χ4v) is 1.56. The van der Waals surface area contributed by atoms with Crippen LogP contribution in [0.5, 0.6) is 0 Å². The first kappa shape index (κ1) is 13.8. The Morgan fingerprint density at radius 3 is 2.41 bits per heavy atom. The molecule has 0 amide bonds. The lowest BCUT2D eigenvalue weighted by atomic mass is 10.1. The fourth-order valence-electron chi connectivity index (χ4n) is 1.56. The summed E-state index contributed by atoms with van der Waals surface area (Å²) in [6.07, 6.45) is -5.38. The standard InChI is InChI=1S/C11H13F4NO/c1-7(17)9-5-8(12)3-4-10(9)16(2)6-11(13,14)15/h3-5,7,17H,6H2,1-2H3/t7-/m1/s1. The van der Waals surface area contributed by atoms with Crippen LogP contribution in [0.2, 0.25) is 0 Å². The van der Waals surface area contributed by atoms with Gasteiger partial charge in [-0.3, -0.25) is 0 Å². The molecule has 0 saturated carbocycles. The maximum Gasteiger partial charge on any atom is 0.405 e. The summed E-state index contributed by atoms with van der Waals surface area (Å²) in [5.74, 6) is -0.593. The molecule has 0 bridgehead atoms. The van der Waals surface area contributed by atoms with Crippen molar-refractivity contribution in [3.8, 4) is 0 Å². The summed E-state index contributed by atoms with van der Waals surface area (Å²) in [7, 11) is 1.24. The molecular weight excluding hydrogens is 238 g/mol. The molecule has 0 aliphatic rings. The zero-order valence-corrected chi connectivity index (χ0v) is 9.42. The van der Waals surface area contributed by atoms with Crippen LogP contribution in [0.3, 0.4) is 0 Å². The molecule has 1 N–H and O–H groups in total. The second kappa shape index (κ2) is 4.91. The van der Waals surface area contributed by atoms with Gasteiger partial charge in [-0.05, 0) is 25.1 Å². The Labute approximate surface area is 96.5 Å². The van der Waals surface area contributed by atoms with E-state index in [0.717, 1.165) is 17.0 Å². The van der Waals surface area contributed by atoms with Crippen LogP contribution in [0.15, 0.2) is 18.2 Å². The van der Waals surface area contributed by atoms with Crippen molar-refractivity contribution in [2.75, 3.05) is 18.5 Å². The molecule has 0 fully saturated rings. The largest absolute Gasteiger partial charge is 0.405 e. The second-order valence-electron chi connectivity index (χ2n) is 3.85. The van der Waals surface area contributed by atoms with Crippen molar-refractivity contribution in [3.05, 3.63) is 29.6 Å². The van der Waals surface area contributed by atoms with Gasteiger partial charge in [0.15, 0.2) is 0 Å². The van der Waals surface area contributed by atoms with Crippen molar-refractivity contribution < 1.29 is 22.7 Å². The smallest absolute Gasteiger partial charge is 0.389 e. The normalized spacial score (nSPS) is 13.6. The predicted octanol–water partition coefficient (Wildman–Crippen LogP) is 2.88. The lowest BCUT2D eigenvalue weighted by Crippen LogP contribution is -2.31. The topological polar surface area (TPSA) is 23.5 Å². The number of hydrogen-bond donors (Lipinski definition) is 1. The van der Waals surface area contributed by atoms with E-state index < -0.39 is 24.6 Å². The van der Waals surface area contributed by atoms with E-state index in [4.69, 9.17) is 0 Å². The first-order chi connectivity index (χ1) is 7.70. The quantitative estimate of drug-likeness (QED) is 0.835. The van der Waals surface area contributed by atoms with E-state index in [1.807, 2.05) is 0 Å². The minimum Gasteiger partial charge on any atom is -0.389 e. The third-order valence-electron chi connectivity index (χ3n) is 2.27. The number of nitrogens with zero attached hydrogens (tertiary/aromatic N) is 1. The predicted molar refractivity (Wildman–Crippen MR) is 56.4 cm³/mol. The maximum absolute atomic E-state index is 13.0. The highest BCUT2D eigenvalue weighted by Crippen LogP contribution is 2.28. The molecule has 0 saturated heterocycles. The van der Waals surface area contributed by atoms with Gasteiger partial charge in [-0.25, -0.2) is 4.39 Å². The van der Waals surface area contributed by atoms with Crippen molar-refractivity contribution in [3.63, 3.8) is 0 Å². The molecule has 17 heavy (non-hydrogen) atoms. The average molecular weight is 251 g/mol. The van der Waals surface area contributed by atoms with E-state index in [0.29, 0.717) is 0 Å². The Bertz CT molecular complexity index is 390. The van der Waals surface area contributed by atoms with Crippen molar-refractivity contribution in [1.82, 2.24) is 0 Å². The number of aliphatic hydroxyl groups excluding tert-OH is 1. The number of halogens is 4. The molecule has 0 aromatic heterocycles. The van der Waals surface area contributed by atoms with Gasteiger partial charge in [0.1, 0.15) is 12.4 Å². The molecular formula is C11H13F4NO. The summed E-state index contributed by atoms with van der Waals surface area (Å²) >= 11 is 0. The molecule has 1 aromatic carbocycles. The molecule has 0 radical (unpaired) electrons. The van der Waals surface area contributed by atoms with Crippen LogP contribution in [-0.4, -0.2) is 24.9 Å². The highest BCUT2D eigenvalue weighted by Gasteiger charge is 2.30. The van der Waals surface area contributed by atoms with Crippen molar-refractivity contribution >= 4 is 5.69 Å². The Hall–Kier alpha value is -1.30. The van der Waals surface area contributed by atoms with E-state index in [-0.39, 0.29) is 11.3 Å². The molecule has 0 spiro atoms. The van der Waals surface area contributed by atoms with Gasteiger partial charge in [-0.2, -0.15) is 13.2 Å². The first-order valence-corrected chi connectivity index (χ1v) is 4.96. The molecule has 0 aliphatic heterocycles. The Balaban J connectivity index is 3.04. The zero-order chi connectivity index (χ0) is 13.2. The summed E-state index contributed by atoms with van der Waals surface area (Å²) in [5.41, 5.74) is 0.301. The lowest BCUT2D eigenvalue weighted by Gasteiger charge is -2.24. The van der Waals surface area contributed by atoms with Gasteiger partial charge in [0.25, 0.3) is 0 Å². The van der Waals surface area contributed by atoms with Crippen molar-refractivity contribution in [2.24, 2.45) is 0 Å². The van der Waals surface area contributed by atoms with Gasteiger partial charge in [0, 0.05) is 18.3 Å².